The van der Waals surface area contributed by atoms with Crippen LogP contribution in [-0.4, -0.2) is 28.0 Å². The maximum absolute atomic E-state index is 12.4. The summed E-state index contributed by atoms with van der Waals surface area (Å²) in [6.45, 7) is 1.66. The van der Waals surface area contributed by atoms with Crippen LogP contribution < -0.4 is 10.9 Å². The van der Waals surface area contributed by atoms with Gasteiger partial charge in [-0.3, -0.25) is 25.2 Å². The zero-order valence-electron chi connectivity index (χ0n) is 13.0. The lowest BCUT2D eigenvalue weighted by Crippen LogP contribution is -2.48. The van der Waals surface area contributed by atoms with E-state index in [2.05, 4.69) is 10.9 Å². The lowest BCUT2D eigenvalue weighted by atomic mass is 9.82. The molecule has 0 unspecified atom stereocenters. The Balaban J connectivity index is 1.67. The molecule has 2 aliphatic carbocycles. The fraction of sp³-hybridized carbons (Fsp3) is 0.353. The molecule has 7 nitrogen and oxygen atoms in total. The quantitative estimate of drug-likeness (QED) is 0.487. The van der Waals surface area contributed by atoms with Gasteiger partial charge in [-0.25, -0.2) is 0 Å². The molecule has 0 heterocycles. The van der Waals surface area contributed by atoms with E-state index in [0.29, 0.717) is 12.0 Å². The average Bonchev–Trinajstić information content (AvgIpc) is 3.15. The van der Waals surface area contributed by atoms with Gasteiger partial charge in [-0.15, -0.1) is 0 Å². The van der Waals surface area contributed by atoms with Crippen LogP contribution in [0, 0.1) is 30.6 Å². The molecule has 1 aromatic carbocycles. The number of hydrogen-bond acceptors (Lipinski definition) is 4. The first-order chi connectivity index (χ1) is 11.4. The van der Waals surface area contributed by atoms with Gasteiger partial charge in [-0.05, 0) is 36.8 Å². The predicted molar refractivity (Wildman–Crippen MR) is 83.8 cm³/mol. The highest BCUT2D eigenvalue weighted by molar-refractivity contribution is 5.98. The van der Waals surface area contributed by atoms with Crippen molar-refractivity contribution in [2.75, 3.05) is 0 Å². The molecular weight excluding hydrogens is 312 g/mol. The van der Waals surface area contributed by atoms with E-state index >= 15 is 0 Å². The average molecular weight is 330 g/mol. The zero-order valence-corrected chi connectivity index (χ0v) is 13.0. The summed E-state index contributed by atoms with van der Waals surface area (Å²) in [6, 6.07) is 4.71. The van der Waals surface area contributed by atoms with Crippen LogP contribution in [0.4, 0.5) is 0 Å². The van der Waals surface area contributed by atoms with Crippen molar-refractivity contribution in [2.45, 2.75) is 13.3 Å². The van der Waals surface area contributed by atoms with Crippen LogP contribution in [0.25, 0.3) is 0 Å². The van der Waals surface area contributed by atoms with Gasteiger partial charge in [0.15, 0.2) is 0 Å². The Morgan fingerprint density at radius 3 is 2.42 bits per heavy atom. The number of carbonyl (C=O) groups excluding carboxylic acids is 2. The molecule has 2 amide bonds. The van der Waals surface area contributed by atoms with Gasteiger partial charge in [-0.1, -0.05) is 24.3 Å². The summed E-state index contributed by atoms with van der Waals surface area (Å²) in [5, 5.41) is 19.2. The van der Waals surface area contributed by atoms with Gasteiger partial charge in [-0.2, -0.15) is 0 Å². The minimum absolute atomic E-state index is 0.0397. The molecule has 4 N–H and O–H groups in total. The second kappa shape index (κ2) is 5.99. The number of rotatable bonds is 3. The number of hydrazine groups is 1. The largest absolute Gasteiger partial charge is 0.507 e. The van der Waals surface area contributed by atoms with E-state index in [1.807, 2.05) is 12.2 Å². The maximum atomic E-state index is 12.4. The number of hydrogen-bond donors (Lipinski definition) is 4. The molecule has 24 heavy (non-hydrogen) atoms. The number of benzene rings is 1. The van der Waals surface area contributed by atoms with E-state index in [0.717, 1.165) is 0 Å². The zero-order chi connectivity index (χ0) is 17.4. The highest BCUT2D eigenvalue weighted by atomic mass is 16.4. The van der Waals surface area contributed by atoms with Crippen molar-refractivity contribution in [3.05, 3.63) is 41.5 Å². The summed E-state index contributed by atoms with van der Waals surface area (Å²) in [5.41, 5.74) is 5.12. The van der Waals surface area contributed by atoms with E-state index in [1.54, 1.807) is 19.1 Å². The number of phenolic OH excluding ortho intramolecular Hbond substituents is 1. The van der Waals surface area contributed by atoms with Crippen LogP contribution in [0.1, 0.15) is 22.3 Å². The lowest BCUT2D eigenvalue weighted by molar-refractivity contribution is -0.148. The number of carboxylic acids is 1. The van der Waals surface area contributed by atoms with Crippen LogP contribution in [0.5, 0.6) is 5.75 Å². The number of nitrogens with one attached hydrogen (secondary N) is 2. The molecular formula is C17H18N2O5. The topological polar surface area (TPSA) is 116 Å². The van der Waals surface area contributed by atoms with Crippen molar-refractivity contribution in [2.24, 2.45) is 23.7 Å². The summed E-state index contributed by atoms with van der Waals surface area (Å²) in [5.74, 6) is -4.09. The van der Waals surface area contributed by atoms with Crippen LogP contribution in [0.3, 0.4) is 0 Å². The van der Waals surface area contributed by atoms with Crippen molar-refractivity contribution in [3.8, 4) is 5.75 Å². The van der Waals surface area contributed by atoms with E-state index < -0.39 is 29.6 Å². The Bertz CT molecular complexity index is 742. The van der Waals surface area contributed by atoms with Crippen molar-refractivity contribution in [1.82, 2.24) is 10.9 Å². The monoisotopic (exact) mass is 330 g/mol. The van der Waals surface area contributed by atoms with Crippen molar-refractivity contribution in [3.63, 3.8) is 0 Å². The number of carbonyl (C=O) groups is 3. The Morgan fingerprint density at radius 2 is 1.75 bits per heavy atom. The highest BCUT2D eigenvalue weighted by Gasteiger charge is 2.51. The normalized spacial score (nSPS) is 27.0. The Labute approximate surface area is 138 Å². The number of aromatic hydroxyl groups is 1. The minimum atomic E-state index is -1.00. The van der Waals surface area contributed by atoms with Gasteiger partial charge in [0.2, 0.25) is 5.91 Å². The standard InChI is InChI=1S/C17H18N2O5/c1-8-3-2-4-11(14(8)20)15(21)18-19-16(22)12-9-5-6-10(7-9)13(12)17(23)24/h2-6,9-10,12-13,20H,7H2,1H3,(H,18,21)(H,19,22)(H,23,24)/t9-,10-,12+,13-/m0/s1. The lowest BCUT2D eigenvalue weighted by Gasteiger charge is -2.23. The fourth-order valence-electron chi connectivity index (χ4n) is 3.63. The Kier molecular flexibility index (Phi) is 4.01. The first kappa shape index (κ1) is 16.0. The summed E-state index contributed by atoms with van der Waals surface area (Å²) in [6.07, 6.45) is 4.35. The van der Waals surface area contributed by atoms with Crippen LogP contribution in [0.15, 0.2) is 30.4 Å². The summed E-state index contributed by atoms with van der Waals surface area (Å²) in [4.78, 5) is 35.9. The molecule has 4 atom stereocenters. The number of fused-ring (bicyclic) bond motifs is 2. The highest BCUT2D eigenvalue weighted by Crippen LogP contribution is 2.48. The smallest absolute Gasteiger partial charge is 0.307 e. The molecule has 1 aromatic rings. The molecule has 3 rings (SSSR count). The van der Waals surface area contributed by atoms with Crippen LogP contribution in [0.2, 0.25) is 0 Å². The van der Waals surface area contributed by atoms with Gasteiger partial charge in [0.25, 0.3) is 5.91 Å². The SMILES string of the molecule is Cc1cccc(C(=O)NNC(=O)[C@H]2[C@@H](C(=O)O)[C@H]3C=C[C@H]2C3)c1O. The van der Waals surface area contributed by atoms with E-state index in [9.17, 15) is 24.6 Å². The molecule has 126 valence electrons. The predicted octanol–water partition coefficient (Wildman–Crippen LogP) is 0.985. The third kappa shape index (κ3) is 2.62. The number of carboxylic acid groups (broad SMARTS) is 1. The van der Waals surface area contributed by atoms with E-state index in [1.165, 1.54) is 6.07 Å². The number of aliphatic carboxylic acids is 1. The molecule has 7 heteroatoms. The molecule has 1 fully saturated rings. The molecule has 2 bridgehead atoms. The molecule has 1 saturated carbocycles. The van der Waals surface area contributed by atoms with E-state index in [-0.39, 0.29) is 23.1 Å². The second-order valence-electron chi connectivity index (χ2n) is 6.25. The third-order valence-corrected chi connectivity index (χ3v) is 4.83. The maximum Gasteiger partial charge on any atom is 0.307 e. The molecule has 0 spiro atoms. The van der Waals surface area contributed by atoms with Crippen molar-refractivity contribution >= 4 is 17.8 Å². The molecule has 0 aromatic heterocycles. The Morgan fingerprint density at radius 1 is 1.08 bits per heavy atom. The second-order valence-corrected chi connectivity index (χ2v) is 6.25. The van der Waals surface area contributed by atoms with Crippen molar-refractivity contribution in [1.29, 1.82) is 0 Å². The molecule has 2 aliphatic rings. The summed E-state index contributed by atoms with van der Waals surface area (Å²) in [7, 11) is 0. The first-order valence-electron chi connectivity index (χ1n) is 7.70. The van der Waals surface area contributed by atoms with Crippen molar-refractivity contribution < 1.29 is 24.6 Å². The van der Waals surface area contributed by atoms with Gasteiger partial charge in [0.05, 0.1) is 17.4 Å². The molecule has 0 radical (unpaired) electrons. The number of phenols is 1. The van der Waals surface area contributed by atoms with Crippen LogP contribution in [-0.2, 0) is 9.59 Å². The number of aryl methyl sites for hydroxylation is 1. The number of para-hydroxylation sites is 1. The van der Waals surface area contributed by atoms with E-state index in [4.69, 9.17) is 0 Å². The fourth-order valence-corrected chi connectivity index (χ4v) is 3.63. The van der Waals surface area contributed by atoms with Gasteiger partial charge in [0.1, 0.15) is 5.75 Å². The molecule has 0 saturated heterocycles. The number of amides is 2. The number of allylic oxidation sites excluding steroid dienone is 2. The third-order valence-electron chi connectivity index (χ3n) is 4.83. The summed E-state index contributed by atoms with van der Waals surface area (Å²) < 4.78 is 0. The van der Waals surface area contributed by atoms with Gasteiger partial charge >= 0.3 is 5.97 Å². The minimum Gasteiger partial charge on any atom is -0.507 e. The van der Waals surface area contributed by atoms with Gasteiger partial charge in [0, 0.05) is 0 Å². The Hall–Kier alpha value is -2.83. The van der Waals surface area contributed by atoms with Crippen LogP contribution >= 0.6 is 0 Å². The first-order valence-corrected chi connectivity index (χ1v) is 7.70. The van der Waals surface area contributed by atoms with Gasteiger partial charge < -0.3 is 10.2 Å². The molecule has 0 aliphatic heterocycles. The summed E-state index contributed by atoms with van der Waals surface area (Å²) >= 11 is 0.